The number of fused-ring (bicyclic) bond motifs is 1. The normalized spacial score (nSPS) is 14.3. The Bertz CT molecular complexity index is 1130. The van der Waals surface area contributed by atoms with Gasteiger partial charge in [0.1, 0.15) is 0 Å². The Balaban J connectivity index is 1.37. The predicted octanol–water partition coefficient (Wildman–Crippen LogP) is 2.74. The number of rotatable bonds is 4. The molecule has 0 atom stereocenters. The topological polar surface area (TPSA) is 98.8 Å². The predicted molar refractivity (Wildman–Crippen MR) is 114 cm³/mol. The minimum absolute atomic E-state index is 0.104. The molecule has 9 heteroatoms. The van der Waals surface area contributed by atoms with E-state index in [1.165, 1.54) is 4.70 Å². The van der Waals surface area contributed by atoms with Crippen molar-refractivity contribution in [2.75, 3.05) is 36.4 Å². The lowest BCUT2D eigenvalue weighted by atomic mass is 10.2. The van der Waals surface area contributed by atoms with Crippen molar-refractivity contribution in [1.82, 2.24) is 25.5 Å². The van der Waals surface area contributed by atoms with Crippen molar-refractivity contribution in [2.45, 2.75) is 0 Å². The summed E-state index contributed by atoms with van der Waals surface area (Å²) in [5.41, 5.74) is 1.61. The second-order valence-corrected chi connectivity index (χ2v) is 7.82. The van der Waals surface area contributed by atoms with Crippen LogP contribution in [-0.4, -0.2) is 52.3 Å². The second-order valence-electron chi connectivity index (χ2n) is 6.74. The molecule has 3 aromatic heterocycles. The zero-order valence-corrected chi connectivity index (χ0v) is 16.4. The Morgan fingerprint density at radius 3 is 2.90 bits per heavy atom. The number of piperazine rings is 1. The molecular formula is C20H19N7OS. The number of amides is 1. The first-order chi connectivity index (χ1) is 14.3. The Hall–Kier alpha value is -3.30. The van der Waals surface area contributed by atoms with Crippen molar-refractivity contribution in [1.29, 1.82) is 0 Å². The first-order valence-corrected chi connectivity index (χ1v) is 10.2. The monoisotopic (exact) mass is 405 g/mol. The van der Waals surface area contributed by atoms with Crippen LogP contribution in [-0.2, 0) is 0 Å². The van der Waals surface area contributed by atoms with Crippen molar-refractivity contribution in [2.24, 2.45) is 0 Å². The largest absolute Gasteiger partial charge is 0.367 e. The molecule has 4 aromatic rings. The summed E-state index contributed by atoms with van der Waals surface area (Å²) in [5.74, 6) is 0.329. The van der Waals surface area contributed by atoms with E-state index in [4.69, 9.17) is 0 Å². The van der Waals surface area contributed by atoms with Crippen LogP contribution in [0.1, 0.15) is 10.6 Å². The second kappa shape index (κ2) is 7.61. The number of nitrogens with zero attached hydrogens (tertiary/aromatic N) is 4. The van der Waals surface area contributed by atoms with E-state index in [1.54, 1.807) is 23.7 Å². The molecule has 0 spiro atoms. The summed E-state index contributed by atoms with van der Waals surface area (Å²) in [5, 5.41) is 14.4. The average molecular weight is 405 g/mol. The van der Waals surface area contributed by atoms with E-state index in [2.05, 4.69) is 47.8 Å². The molecule has 0 bridgehead atoms. The van der Waals surface area contributed by atoms with Crippen LogP contribution < -0.4 is 15.5 Å². The molecule has 0 unspecified atom stereocenters. The lowest BCUT2D eigenvalue weighted by Gasteiger charge is -2.30. The summed E-state index contributed by atoms with van der Waals surface area (Å²) in [6.45, 7) is 3.58. The van der Waals surface area contributed by atoms with Crippen LogP contribution in [0.25, 0.3) is 20.8 Å². The van der Waals surface area contributed by atoms with Crippen LogP contribution in [0.15, 0.2) is 48.8 Å². The number of pyridine rings is 1. The molecule has 8 nitrogen and oxygen atoms in total. The maximum atomic E-state index is 12.8. The van der Waals surface area contributed by atoms with Crippen molar-refractivity contribution in [3.8, 4) is 10.7 Å². The maximum Gasteiger partial charge on any atom is 0.295 e. The van der Waals surface area contributed by atoms with Crippen LogP contribution >= 0.6 is 11.3 Å². The average Bonchev–Trinajstić information content (AvgIpc) is 3.42. The molecule has 1 amide bonds. The highest BCUT2D eigenvalue weighted by Crippen LogP contribution is 2.31. The molecule has 29 heavy (non-hydrogen) atoms. The van der Waals surface area contributed by atoms with Crippen LogP contribution in [0, 0.1) is 0 Å². The fraction of sp³-hybridized carbons (Fsp3) is 0.200. The number of benzene rings is 1. The third kappa shape index (κ3) is 3.57. The smallest absolute Gasteiger partial charge is 0.295 e. The molecule has 1 aliphatic heterocycles. The first-order valence-electron chi connectivity index (χ1n) is 9.40. The number of hydrogen-bond acceptors (Lipinski definition) is 7. The van der Waals surface area contributed by atoms with E-state index >= 15 is 0 Å². The van der Waals surface area contributed by atoms with Gasteiger partial charge in [0.2, 0.25) is 5.82 Å². The third-order valence-electron chi connectivity index (χ3n) is 4.85. The van der Waals surface area contributed by atoms with Gasteiger partial charge in [0.05, 0.1) is 22.4 Å². The quantitative estimate of drug-likeness (QED) is 0.483. The minimum Gasteiger partial charge on any atom is -0.367 e. The number of carbonyl (C=O) groups is 1. The zero-order valence-electron chi connectivity index (χ0n) is 15.6. The van der Waals surface area contributed by atoms with Gasteiger partial charge in [0, 0.05) is 37.1 Å². The third-order valence-corrected chi connectivity index (χ3v) is 5.97. The Kier molecular flexibility index (Phi) is 4.66. The van der Waals surface area contributed by atoms with Crippen molar-refractivity contribution < 1.29 is 4.79 Å². The number of anilines is 2. The summed E-state index contributed by atoms with van der Waals surface area (Å²) in [4.78, 5) is 24.5. The molecular weight excluding hydrogens is 386 g/mol. The van der Waals surface area contributed by atoms with E-state index in [0.29, 0.717) is 11.5 Å². The van der Waals surface area contributed by atoms with E-state index in [-0.39, 0.29) is 11.7 Å². The Morgan fingerprint density at radius 2 is 2.03 bits per heavy atom. The van der Waals surface area contributed by atoms with Gasteiger partial charge < -0.3 is 15.5 Å². The van der Waals surface area contributed by atoms with Crippen molar-refractivity contribution >= 4 is 38.7 Å². The molecule has 0 radical (unpaired) electrons. The lowest BCUT2D eigenvalue weighted by molar-refractivity contribution is 0.101. The van der Waals surface area contributed by atoms with Gasteiger partial charge >= 0.3 is 0 Å². The molecule has 0 saturated carbocycles. The summed E-state index contributed by atoms with van der Waals surface area (Å²) < 4.78 is 1.17. The molecule has 1 fully saturated rings. The van der Waals surface area contributed by atoms with E-state index in [0.717, 1.165) is 42.1 Å². The Morgan fingerprint density at radius 1 is 1.17 bits per heavy atom. The van der Waals surface area contributed by atoms with Gasteiger partial charge in [-0.05, 0) is 23.6 Å². The summed E-state index contributed by atoms with van der Waals surface area (Å²) >= 11 is 1.61. The van der Waals surface area contributed by atoms with Gasteiger partial charge in [-0.3, -0.25) is 14.9 Å². The van der Waals surface area contributed by atoms with Crippen LogP contribution in [0.5, 0.6) is 0 Å². The number of hydrogen-bond donors (Lipinski definition) is 3. The first kappa shape index (κ1) is 17.8. The highest BCUT2D eigenvalue weighted by molar-refractivity contribution is 7.22. The van der Waals surface area contributed by atoms with Gasteiger partial charge in [-0.25, -0.2) is 4.98 Å². The number of nitrogens with one attached hydrogen (secondary N) is 3. The zero-order chi connectivity index (χ0) is 19.6. The summed E-state index contributed by atoms with van der Waals surface area (Å²) in [6.07, 6.45) is 3.40. The van der Waals surface area contributed by atoms with Crippen LogP contribution in [0.2, 0.25) is 0 Å². The minimum atomic E-state index is -0.363. The number of aromatic amines is 1. The molecule has 3 N–H and O–H groups in total. The maximum absolute atomic E-state index is 12.8. The molecule has 1 aromatic carbocycles. The number of carbonyl (C=O) groups excluding carboxylic acids is 1. The molecule has 1 aliphatic rings. The number of H-pyrrole nitrogens is 1. The molecule has 4 heterocycles. The SMILES string of the molecule is O=C(Nc1cnccc1N1CCNCC1)c1n[nH]c(-c2cc3ccccc3s2)n1. The van der Waals surface area contributed by atoms with Crippen molar-refractivity contribution in [3.05, 3.63) is 54.6 Å². The van der Waals surface area contributed by atoms with Crippen LogP contribution in [0.4, 0.5) is 11.4 Å². The molecule has 5 rings (SSSR count). The van der Waals surface area contributed by atoms with E-state index in [1.807, 2.05) is 24.3 Å². The van der Waals surface area contributed by atoms with Crippen molar-refractivity contribution in [3.63, 3.8) is 0 Å². The fourth-order valence-electron chi connectivity index (χ4n) is 3.42. The van der Waals surface area contributed by atoms with E-state index < -0.39 is 0 Å². The van der Waals surface area contributed by atoms with Gasteiger partial charge in [-0.1, -0.05) is 18.2 Å². The summed E-state index contributed by atoms with van der Waals surface area (Å²) in [7, 11) is 0. The van der Waals surface area contributed by atoms with Gasteiger partial charge in [0.15, 0.2) is 5.82 Å². The molecule has 146 valence electrons. The molecule has 1 saturated heterocycles. The van der Waals surface area contributed by atoms with Gasteiger partial charge in [-0.15, -0.1) is 16.4 Å². The van der Waals surface area contributed by atoms with Gasteiger partial charge in [0.25, 0.3) is 5.91 Å². The van der Waals surface area contributed by atoms with Crippen LogP contribution in [0.3, 0.4) is 0 Å². The van der Waals surface area contributed by atoms with E-state index in [9.17, 15) is 4.79 Å². The lowest BCUT2D eigenvalue weighted by Crippen LogP contribution is -2.43. The van der Waals surface area contributed by atoms with Gasteiger partial charge in [-0.2, -0.15) is 0 Å². The summed E-state index contributed by atoms with van der Waals surface area (Å²) in [6, 6.07) is 12.1. The highest BCUT2D eigenvalue weighted by Gasteiger charge is 2.19. The number of thiophene rings is 1. The highest BCUT2D eigenvalue weighted by atomic mass is 32.1. The fourth-order valence-corrected chi connectivity index (χ4v) is 4.42. The Labute approximate surface area is 171 Å². The number of aromatic nitrogens is 4. The molecule has 0 aliphatic carbocycles. The standard InChI is InChI=1S/C20H19N7OS/c28-20(23-14-12-22-6-5-15(14)27-9-7-21-8-10-27)19-24-18(25-26-19)17-11-13-3-1-2-4-16(13)29-17/h1-6,11-12,21H,7-10H2,(H,23,28)(H,24,25,26).